The fourth-order valence-electron chi connectivity index (χ4n) is 2.38. The van der Waals surface area contributed by atoms with E-state index in [2.05, 4.69) is 16.9 Å². The lowest BCUT2D eigenvalue weighted by Crippen LogP contribution is -2.36. The smallest absolute Gasteiger partial charge is 0.274 e. The zero-order valence-corrected chi connectivity index (χ0v) is 11.9. The van der Waals surface area contributed by atoms with Gasteiger partial charge in [0.05, 0.1) is 6.33 Å². The number of nitrogens with zero attached hydrogens (tertiary/aromatic N) is 2. The molecule has 100 valence electrons. The van der Waals surface area contributed by atoms with Gasteiger partial charge in [-0.2, -0.15) is 11.8 Å². The Bertz CT molecular complexity index is 405. The zero-order valence-electron chi connectivity index (χ0n) is 11.1. The molecule has 18 heavy (non-hydrogen) atoms. The minimum Gasteiger partial charge on any atom is -0.348 e. The lowest BCUT2D eigenvalue weighted by Gasteiger charge is -2.23. The highest BCUT2D eigenvalue weighted by molar-refractivity contribution is 7.99. The number of likely N-dealkylation sites (tertiary alicyclic amines) is 1. The maximum atomic E-state index is 12.4. The highest BCUT2D eigenvalue weighted by Crippen LogP contribution is 2.23. The van der Waals surface area contributed by atoms with Gasteiger partial charge in [-0.15, -0.1) is 0 Å². The van der Waals surface area contributed by atoms with Gasteiger partial charge >= 0.3 is 0 Å². The Morgan fingerprint density at radius 3 is 3.11 bits per heavy atom. The van der Waals surface area contributed by atoms with Gasteiger partial charge in [0, 0.05) is 24.0 Å². The van der Waals surface area contributed by atoms with E-state index in [-0.39, 0.29) is 5.91 Å². The molecule has 1 fully saturated rings. The van der Waals surface area contributed by atoms with Crippen molar-refractivity contribution in [3.05, 3.63) is 17.7 Å². The molecule has 5 heteroatoms. The number of aryl methyl sites for hydroxylation is 1. The summed E-state index contributed by atoms with van der Waals surface area (Å²) in [6.07, 6.45) is 5.15. The lowest BCUT2D eigenvalue weighted by molar-refractivity contribution is 0.0757. The molecule has 2 rings (SSSR count). The number of imidazole rings is 1. The summed E-state index contributed by atoms with van der Waals surface area (Å²) in [5.41, 5.74) is 1.45. The van der Waals surface area contributed by atoms with Gasteiger partial charge in [-0.3, -0.25) is 4.79 Å². The first-order valence-corrected chi connectivity index (χ1v) is 7.68. The van der Waals surface area contributed by atoms with E-state index in [0.717, 1.165) is 31.0 Å². The van der Waals surface area contributed by atoms with Crippen molar-refractivity contribution >= 4 is 17.7 Å². The van der Waals surface area contributed by atoms with Gasteiger partial charge in [0.1, 0.15) is 5.69 Å². The fourth-order valence-corrected chi connectivity index (χ4v) is 3.47. The third kappa shape index (κ3) is 3.07. The van der Waals surface area contributed by atoms with Crippen LogP contribution in [0.4, 0.5) is 0 Å². The van der Waals surface area contributed by atoms with E-state index in [9.17, 15) is 4.79 Å². The summed E-state index contributed by atoms with van der Waals surface area (Å²) in [5.74, 6) is 1.20. The number of aromatic nitrogens is 2. The van der Waals surface area contributed by atoms with Crippen molar-refractivity contribution in [3.8, 4) is 0 Å². The van der Waals surface area contributed by atoms with Gasteiger partial charge in [-0.25, -0.2) is 4.98 Å². The van der Waals surface area contributed by atoms with Crippen LogP contribution in [0.5, 0.6) is 0 Å². The highest BCUT2D eigenvalue weighted by Gasteiger charge is 2.24. The van der Waals surface area contributed by atoms with Gasteiger partial charge in [0.25, 0.3) is 5.91 Å². The number of H-pyrrole nitrogens is 1. The summed E-state index contributed by atoms with van der Waals surface area (Å²) in [7, 11) is 0. The van der Waals surface area contributed by atoms with Crippen molar-refractivity contribution in [2.45, 2.75) is 38.4 Å². The minimum atomic E-state index is 0.0809. The van der Waals surface area contributed by atoms with Crippen LogP contribution < -0.4 is 0 Å². The van der Waals surface area contributed by atoms with E-state index in [0.29, 0.717) is 10.9 Å². The number of carbonyl (C=O) groups is 1. The first kappa shape index (κ1) is 13.5. The molecule has 1 N–H and O–H groups in total. The van der Waals surface area contributed by atoms with Crippen molar-refractivity contribution in [2.24, 2.45) is 0 Å². The van der Waals surface area contributed by atoms with Crippen LogP contribution in [0.2, 0.25) is 0 Å². The zero-order chi connectivity index (χ0) is 13.0. The standard InChI is InChI=1S/C13H21N3OS/c1-3-18-11-6-4-5-7-16(8-11)13(17)12-10(2)14-9-15-12/h9,11H,3-8H2,1-2H3,(H,14,15). The highest BCUT2D eigenvalue weighted by atomic mass is 32.2. The molecule has 0 radical (unpaired) electrons. The first-order valence-electron chi connectivity index (χ1n) is 6.63. The molecule has 1 saturated heterocycles. The molecular formula is C13H21N3OS. The van der Waals surface area contributed by atoms with Gasteiger partial charge in [0.15, 0.2) is 0 Å². The Hall–Kier alpha value is -0.970. The fraction of sp³-hybridized carbons (Fsp3) is 0.692. The summed E-state index contributed by atoms with van der Waals surface area (Å²) >= 11 is 1.97. The van der Waals surface area contributed by atoms with E-state index < -0.39 is 0 Å². The summed E-state index contributed by atoms with van der Waals surface area (Å²) in [6.45, 7) is 5.81. The first-order chi connectivity index (χ1) is 8.72. The molecule has 0 saturated carbocycles. The predicted molar refractivity (Wildman–Crippen MR) is 75.0 cm³/mol. The van der Waals surface area contributed by atoms with E-state index in [1.54, 1.807) is 6.33 Å². The van der Waals surface area contributed by atoms with Crippen LogP contribution in [0.3, 0.4) is 0 Å². The van der Waals surface area contributed by atoms with Crippen LogP contribution in [0.25, 0.3) is 0 Å². The van der Waals surface area contributed by atoms with Gasteiger partial charge in [0.2, 0.25) is 0 Å². The predicted octanol–water partition coefficient (Wildman–Crippen LogP) is 2.47. The summed E-state index contributed by atoms with van der Waals surface area (Å²) in [4.78, 5) is 21.5. The molecule has 2 heterocycles. The number of hydrogen-bond donors (Lipinski definition) is 1. The maximum Gasteiger partial charge on any atom is 0.274 e. The quantitative estimate of drug-likeness (QED) is 0.915. The molecule has 1 atom stereocenters. The molecular weight excluding hydrogens is 246 g/mol. The largest absolute Gasteiger partial charge is 0.348 e. The van der Waals surface area contributed by atoms with Gasteiger partial charge in [-0.1, -0.05) is 13.3 Å². The van der Waals surface area contributed by atoms with Gasteiger partial charge < -0.3 is 9.88 Å². The molecule has 1 aromatic heterocycles. The van der Waals surface area contributed by atoms with E-state index in [4.69, 9.17) is 0 Å². The SMILES string of the molecule is CCSC1CCCCN(C(=O)c2nc[nH]c2C)C1. The molecule has 4 nitrogen and oxygen atoms in total. The van der Waals surface area contributed by atoms with Crippen molar-refractivity contribution in [1.29, 1.82) is 0 Å². The molecule has 0 bridgehead atoms. The van der Waals surface area contributed by atoms with Crippen LogP contribution in [0, 0.1) is 6.92 Å². The summed E-state index contributed by atoms with van der Waals surface area (Å²) < 4.78 is 0. The van der Waals surface area contributed by atoms with Gasteiger partial charge in [-0.05, 0) is 25.5 Å². The number of hydrogen-bond acceptors (Lipinski definition) is 3. The van der Waals surface area contributed by atoms with Crippen molar-refractivity contribution in [3.63, 3.8) is 0 Å². The number of nitrogens with one attached hydrogen (secondary N) is 1. The second-order valence-electron chi connectivity index (χ2n) is 4.70. The Morgan fingerprint density at radius 1 is 1.61 bits per heavy atom. The Labute approximate surface area is 113 Å². The lowest BCUT2D eigenvalue weighted by atomic mass is 10.2. The molecule has 0 aromatic carbocycles. The summed E-state index contributed by atoms with van der Waals surface area (Å²) in [5, 5.41) is 0.584. The molecule has 1 aliphatic rings. The third-order valence-electron chi connectivity index (χ3n) is 3.35. The molecule has 0 aliphatic carbocycles. The molecule has 1 aromatic rings. The van der Waals surface area contributed by atoms with Crippen LogP contribution in [-0.2, 0) is 0 Å². The Kier molecular flexibility index (Phi) is 4.69. The number of rotatable bonds is 3. The molecule has 0 spiro atoms. The van der Waals surface area contributed by atoms with Crippen LogP contribution in [-0.4, -0.2) is 44.9 Å². The van der Waals surface area contributed by atoms with Crippen LogP contribution >= 0.6 is 11.8 Å². The van der Waals surface area contributed by atoms with Crippen molar-refractivity contribution in [1.82, 2.24) is 14.9 Å². The van der Waals surface area contributed by atoms with E-state index >= 15 is 0 Å². The van der Waals surface area contributed by atoms with Crippen molar-refractivity contribution in [2.75, 3.05) is 18.8 Å². The topological polar surface area (TPSA) is 49.0 Å². The number of amides is 1. The van der Waals surface area contributed by atoms with E-state index in [1.807, 2.05) is 23.6 Å². The maximum absolute atomic E-state index is 12.4. The number of aromatic amines is 1. The van der Waals surface area contributed by atoms with Crippen LogP contribution in [0.1, 0.15) is 42.4 Å². The average Bonchev–Trinajstić information content (AvgIpc) is 2.64. The monoisotopic (exact) mass is 267 g/mol. The number of thioether (sulfide) groups is 1. The second-order valence-corrected chi connectivity index (χ2v) is 6.28. The molecule has 1 unspecified atom stereocenters. The van der Waals surface area contributed by atoms with E-state index in [1.165, 1.54) is 12.8 Å². The minimum absolute atomic E-state index is 0.0809. The average molecular weight is 267 g/mol. The van der Waals surface area contributed by atoms with Crippen LogP contribution in [0.15, 0.2) is 6.33 Å². The Balaban J connectivity index is 2.06. The second kappa shape index (κ2) is 6.27. The summed E-state index contributed by atoms with van der Waals surface area (Å²) in [6, 6.07) is 0. The molecule has 1 amide bonds. The molecule has 1 aliphatic heterocycles. The third-order valence-corrected chi connectivity index (χ3v) is 4.54. The Morgan fingerprint density at radius 2 is 2.44 bits per heavy atom. The number of carbonyl (C=O) groups excluding carboxylic acids is 1. The van der Waals surface area contributed by atoms with Crippen molar-refractivity contribution < 1.29 is 4.79 Å². The normalized spacial score (nSPS) is 20.8.